The van der Waals surface area contributed by atoms with Crippen LogP contribution in [0.15, 0.2) is 0 Å². The van der Waals surface area contributed by atoms with Crippen molar-refractivity contribution in [2.24, 2.45) is 5.92 Å². The van der Waals surface area contributed by atoms with Crippen molar-refractivity contribution >= 4 is 0 Å². The van der Waals surface area contributed by atoms with Crippen LogP contribution in [0.3, 0.4) is 0 Å². The zero-order chi connectivity index (χ0) is 13.6. The average Bonchev–Trinajstić information content (AvgIpc) is 2.39. The minimum atomic E-state index is 0.238. The highest BCUT2D eigenvalue weighted by Gasteiger charge is 2.09. The molecule has 0 heterocycles. The van der Waals surface area contributed by atoms with Gasteiger partial charge in [0.25, 0.3) is 0 Å². The molecule has 0 aliphatic rings. The van der Waals surface area contributed by atoms with Crippen LogP contribution in [0.2, 0.25) is 0 Å². The molecule has 0 radical (unpaired) electrons. The molecule has 0 bridgehead atoms. The Morgan fingerprint density at radius 2 is 1.61 bits per heavy atom. The first-order valence-electron chi connectivity index (χ1n) is 7.93. The quantitative estimate of drug-likeness (QED) is 0.441. The highest BCUT2D eigenvalue weighted by atomic mass is 16.5. The lowest BCUT2D eigenvalue weighted by Crippen LogP contribution is -2.20. The van der Waals surface area contributed by atoms with Crippen molar-refractivity contribution in [1.29, 1.82) is 0 Å². The van der Waals surface area contributed by atoms with E-state index in [9.17, 15) is 0 Å². The summed E-state index contributed by atoms with van der Waals surface area (Å²) in [4.78, 5) is 0. The van der Waals surface area contributed by atoms with Crippen LogP contribution in [-0.2, 0) is 9.47 Å². The lowest BCUT2D eigenvalue weighted by Gasteiger charge is -2.19. The van der Waals surface area contributed by atoms with Crippen LogP contribution in [0, 0.1) is 5.92 Å². The van der Waals surface area contributed by atoms with Gasteiger partial charge in [0.2, 0.25) is 0 Å². The molecular formula is C16H34O2. The van der Waals surface area contributed by atoms with Crippen molar-refractivity contribution in [1.82, 2.24) is 0 Å². The largest absolute Gasteiger partial charge is 0.379 e. The van der Waals surface area contributed by atoms with Crippen molar-refractivity contribution in [2.75, 3.05) is 19.8 Å². The molecule has 0 aromatic heterocycles. The number of hydrogen-bond donors (Lipinski definition) is 0. The molecule has 2 atom stereocenters. The van der Waals surface area contributed by atoms with E-state index in [1.54, 1.807) is 0 Å². The second-order valence-electron chi connectivity index (χ2n) is 5.34. The molecule has 0 rings (SSSR count). The summed E-state index contributed by atoms with van der Waals surface area (Å²) < 4.78 is 11.5. The van der Waals surface area contributed by atoms with Gasteiger partial charge in [-0.05, 0) is 25.7 Å². The van der Waals surface area contributed by atoms with Crippen LogP contribution >= 0.6 is 0 Å². The second kappa shape index (κ2) is 13.4. The van der Waals surface area contributed by atoms with E-state index in [2.05, 4.69) is 27.7 Å². The van der Waals surface area contributed by atoms with Crippen molar-refractivity contribution in [3.05, 3.63) is 0 Å². The van der Waals surface area contributed by atoms with Gasteiger partial charge in [-0.2, -0.15) is 0 Å². The third-order valence-corrected chi connectivity index (χ3v) is 3.40. The van der Waals surface area contributed by atoms with Crippen molar-refractivity contribution in [2.45, 2.75) is 78.7 Å². The molecular weight excluding hydrogens is 224 g/mol. The van der Waals surface area contributed by atoms with Crippen LogP contribution in [-0.4, -0.2) is 25.9 Å². The first-order chi connectivity index (χ1) is 8.74. The van der Waals surface area contributed by atoms with Gasteiger partial charge in [-0.3, -0.25) is 0 Å². The van der Waals surface area contributed by atoms with E-state index in [0.717, 1.165) is 25.7 Å². The first kappa shape index (κ1) is 17.9. The third-order valence-electron chi connectivity index (χ3n) is 3.40. The molecule has 0 aliphatic carbocycles. The Hall–Kier alpha value is -0.0800. The monoisotopic (exact) mass is 258 g/mol. The van der Waals surface area contributed by atoms with Gasteiger partial charge in [0.05, 0.1) is 12.7 Å². The molecule has 2 nitrogen and oxygen atoms in total. The lowest BCUT2D eigenvalue weighted by atomic mass is 10.0. The maximum Gasteiger partial charge on any atom is 0.0780 e. The Labute approximate surface area is 114 Å². The van der Waals surface area contributed by atoms with E-state index in [-0.39, 0.29) is 6.10 Å². The summed E-state index contributed by atoms with van der Waals surface area (Å²) in [5, 5.41) is 0. The first-order valence-corrected chi connectivity index (χ1v) is 7.93. The molecule has 0 aliphatic heterocycles. The normalized spacial score (nSPS) is 14.7. The molecule has 0 saturated carbocycles. The highest BCUT2D eigenvalue weighted by Crippen LogP contribution is 2.13. The van der Waals surface area contributed by atoms with E-state index < -0.39 is 0 Å². The zero-order valence-electron chi connectivity index (χ0n) is 13.0. The SMILES string of the molecule is CCCCCOCC(C)OCC(CC)CCCC. The molecule has 0 N–H and O–H groups in total. The Balaban J connectivity index is 3.45. The molecule has 0 aromatic carbocycles. The van der Waals surface area contributed by atoms with Gasteiger partial charge in [-0.15, -0.1) is 0 Å². The Kier molecular flexibility index (Phi) is 13.3. The topological polar surface area (TPSA) is 18.5 Å². The Bertz CT molecular complexity index is 159. The molecule has 0 spiro atoms. The molecule has 0 amide bonds. The highest BCUT2D eigenvalue weighted by molar-refractivity contribution is 4.58. The zero-order valence-corrected chi connectivity index (χ0v) is 13.0. The maximum absolute atomic E-state index is 5.87. The van der Waals surface area contributed by atoms with Crippen molar-refractivity contribution in [3.63, 3.8) is 0 Å². The van der Waals surface area contributed by atoms with Crippen LogP contribution in [0.5, 0.6) is 0 Å². The van der Waals surface area contributed by atoms with Gasteiger partial charge in [-0.1, -0.05) is 52.9 Å². The van der Waals surface area contributed by atoms with E-state index >= 15 is 0 Å². The van der Waals surface area contributed by atoms with Gasteiger partial charge >= 0.3 is 0 Å². The number of hydrogen-bond acceptors (Lipinski definition) is 2. The van der Waals surface area contributed by atoms with E-state index in [4.69, 9.17) is 9.47 Å². The summed E-state index contributed by atoms with van der Waals surface area (Å²) in [5.74, 6) is 0.729. The van der Waals surface area contributed by atoms with E-state index in [1.807, 2.05) is 0 Å². The van der Waals surface area contributed by atoms with Crippen molar-refractivity contribution in [3.8, 4) is 0 Å². The summed E-state index contributed by atoms with van der Waals surface area (Å²) in [6.07, 6.45) is 9.08. The van der Waals surface area contributed by atoms with Gasteiger partial charge in [-0.25, -0.2) is 0 Å². The molecule has 110 valence electrons. The van der Waals surface area contributed by atoms with Gasteiger partial charge in [0.1, 0.15) is 0 Å². The maximum atomic E-state index is 5.87. The van der Waals surface area contributed by atoms with Gasteiger partial charge in [0, 0.05) is 13.2 Å². The van der Waals surface area contributed by atoms with Crippen LogP contribution in [0.4, 0.5) is 0 Å². The van der Waals surface area contributed by atoms with Crippen LogP contribution in [0.1, 0.15) is 72.6 Å². The van der Waals surface area contributed by atoms with Crippen LogP contribution < -0.4 is 0 Å². The predicted octanol–water partition coefficient (Wildman–Crippen LogP) is 4.81. The fourth-order valence-corrected chi connectivity index (χ4v) is 1.95. The van der Waals surface area contributed by atoms with E-state index in [0.29, 0.717) is 0 Å². The number of rotatable bonds is 13. The molecule has 18 heavy (non-hydrogen) atoms. The fourth-order valence-electron chi connectivity index (χ4n) is 1.95. The minimum Gasteiger partial charge on any atom is -0.379 e. The minimum absolute atomic E-state index is 0.238. The van der Waals surface area contributed by atoms with E-state index in [1.165, 1.54) is 44.9 Å². The third kappa shape index (κ3) is 11.0. The summed E-state index contributed by atoms with van der Waals surface area (Å²) >= 11 is 0. The summed E-state index contributed by atoms with van der Waals surface area (Å²) in [6.45, 7) is 11.4. The molecule has 0 aromatic rings. The molecule has 2 heteroatoms. The smallest absolute Gasteiger partial charge is 0.0780 e. The molecule has 0 fully saturated rings. The summed E-state index contributed by atoms with van der Waals surface area (Å²) in [5.41, 5.74) is 0. The molecule has 2 unspecified atom stereocenters. The fraction of sp³-hybridized carbons (Fsp3) is 1.00. The lowest BCUT2D eigenvalue weighted by molar-refractivity contribution is -0.0220. The Morgan fingerprint density at radius 1 is 0.889 bits per heavy atom. The predicted molar refractivity (Wildman–Crippen MR) is 79.1 cm³/mol. The van der Waals surface area contributed by atoms with Gasteiger partial charge < -0.3 is 9.47 Å². The standard InChI is InChI=1S/C16H34O2/c1-5-8-10-12-17-13-15(4)18-14-16(7-3)11-9-6-2/h15-16H,5-14H2,1-4H3. The number of ether oxygens (including phenoxy) is 2. The molecule has 0 saturated heterocycles. The number of unbranched alkanes of at least 4 members (excludes halogenated alkanes) is 3. The summed E-state index contributed by atoms with van der Waals surface area (Å²) in [6, 6.07) is 0. The van der Waals surface area contributed by atoms with Crippen LogP contribution in [0.25, 0.3) is 0 Å². The average molecular weight is 258 g/mol. The second-order valence-corrected chi connectivity index (χ2v) is 5.34. The Morgan fingerprint density at radius 3 is 2.22 bits per heavy atom. The van der Waals surface area contributed by atoms with Gasteiger partial charge in [0.15, 0.2) is 0 Å². The summed E-state index contributed by atoms with van der Waals surface area (Å²) in [7, 11) is 0. The van der Waals surface area contributed by atoms with Crippen molar-refractivity contribution < 1.29 is 9.47 Å².